The Hall–Kier alpha value is -3.02. The van der Waals surface area contributed by atoms with Crippen LogP contribution in [0.1, 0.15) is 33.1 Å². The number of carbonyl (C=O) groups excluding carboxylic acids is 2. The summed E-state index contributed by atoms with van der Waals surface area (Å²) >= 11 is 0. The monoisotopic (exact) mass is 382 g/mol. The van der Waals surface area contributed by atoms with Crippen LogP contribution in [0.2, 0.25) is 0 Å². The van der Waals surface area contributed by atoms with Gasteiger partial charge in [0.25, 0.3) is 5.91 Å². The number of fused-ring (bicyclic) bond motifs is 1. The van der Waals surface area contributed by atoms with E-state index < -0.39 is 6.10 Å². The Morgan fingerprint density at radius 2 is 2.00 bits per heavy atom. The molecule has 1 unspecified atom stereocenters. The highest BCUT2D eigenvalue weighted by Gasteiger charge is 2.31. The zero-order valence-electron chi connectivity index (χ0n) is 16.3. The zero-order chi connectivity index (χ0) is 19.9. The third kappa shape index (κ3) is 4.82. The van der Waals surface area contributed by atoms with E-state index in [1.165, 1.54) is 0 Å². The van der Waals surface area contributed by atoms with Crippen LogP contribution in [0, 0.1) is 0 Å². The molecule has 0 aromatic heterocycles. The van der Waals surface area contributed by atoms with Crippen LogP contribution in [-0.2, 0) is 9.59 Å². The van der Waals surface area contributed by atoms with Crippen LogP contribution in [0.5, 0.6) is 11.5 Å². The molecule has 0 saturated heterocycles. The SMILES string of the molecule is CCCC(=O)Nc1ccc2c(c1)N(CCCOc1ccccc1)C(=O)C(C)O2. The van der Waals surface area contributed by atoms with Crippen molar-refractivity contribution in [2.75, 3.05) is 23.4 Å². The molecule has 0 spiro atoms. The molecule has 1 atom stereocenters. The molecule has 1 heterocycles. The Bertz CT molecular complexity index is 823. The Balaban J connectivity index is 1.68. The van der Waals surface area contributed by atoms with Crippen LogP contribution >= 0.6 is 0 Å². The van der Waals surface area contributed by atoms with Crippen molar-refractivity contribution in [3.63, 3.8) is 0 Å². The van der Waals surface area contributed by atoms with Crippen LogP contribution in [0.3, 0.4) is 0 Å². The molecule has 0 saturated carbocycles. The van der Waals surface area contributed by atoms with E-state index in [2.05, 4.69) is 5.32 Å². The average Bonchev–Trinajstić information content (AvgIpc) is 2.69. The Labute approximate surface area is 165 Å². The number of rotatable bonds is 8. The van der Waals surface area contributed by atoms with Gasteiger partial charge in [-0.2, -0.15) is 0 Å². The summed E-state index contributed by atoms with van der Waals surface area (Å²) in [6.45, 7) is 4.72. The van der Waals surface area contributed by atoms with Gasteiger partial charge in [-0.3, -0.25) is 9.59 Å². The predicted molar refractivity (Wildman–Crippen MR) is 109 cm³/mol. The first-order chi connectivity index (χ1) is 13.6. The van der Waals surface area contributed by atoms with E-state index in [-0.39, 0.29) is 11.8 Å². The van der Waals surface area contributed by atoms with Crippen molar-refractivity contribution in [1.29, 1.82) is 0 Å². The first-order valence-electron chi connectivity index (χ1n) is 9.68. The summed E-state index contributed by atoms with van der Waals surface area (Å²) in [5.74, 6) is 1.32. The van der Waals surface area contributed by atoms with Crippen molar-refractivity contribution < 1.29 is 19.1 Å². The summed E-state index contributed by atoms with van der Waals surface area (Å²) < 4.78 is 11.4. The van der Waals surface area contributed by atoms with E-state index in [0.29, 0.717) is 43.1 Å². The van der Waals surface area contributed by atoms with Crippen molar-refractivity contribution in [1.82, 2.24) is 0 Å². The summed E-state index contributed by atoms with van der Waals surface area (Å²) in [6, 6.07) is 15.0. The summed E-state index contributed by atoms with van der Waals surface area (Å²) in [6.07, 6.45) is 1.38. The molecular formula is C22H26N2O4. The minimum atomic E-state index is -0.539. The van der Waals surface area contributed by atoms with E-state index >= 15 is 0 Å². The van der Waals surface area contributed by atoms with Crippen LogP contribution in [-0.4, -0.2) is 31.1 Å². The number of ether oxygens (including phenoxy) is 2. The average molecular weight is 382 g/mol. The van der Waals surface area contributed by atoms with Gasteiger partial charge >= 0.3 is 0 Å². The number of carbonyl (C=O) groups is 2. The lowest BCUT2D eigenvalue weighted by Gasteiger charge is -2.33. The second-order valence-electron chi connectivity index (χ2n) is 6.75. The third-order valence-electron chi connectivity index (χ3n) is 4.47. The van der Waals surface area contributed by atoms with E-state index in [1.54, 1.807) is 30.0 Å². The maximum atomic E-state index is 12.7. The van der Waals surface area contributed by atoms with Crippen molar-refractivity contribution in [2.45, 2.75) is 39.2 Å². The number of nitrogens with one attached hydrogen (secondary N) is 1. The topological polar surface area (TPSA) is 67.9 Å². The summed E-state index contributed by atoms with van der Waals surface area (Å²) in [7, 11) is 0. The van der Waals surface area contributed by atoms with Crippen molar-refractivity contribution in [2.24, 2.45) is 0 Å². The lowest BCUT2D eigenvalue weighted by Crippen LogP contribution is -2.45. The lowest BCUT2D eigenvalue weighted by molar-refractivity contribution is -0.125. The maximum absolute atomic E-state index is 12.7. The Morgan fingerprint density at radius 3 is 2.75 bits per heavy atom. The van der Waals surface area contributed by atoms with Crippen LogP contribution in [0.25, 0.3) is 0 Å². The summed E-state index contributed by atoms with van der Waals surface area (Å²) in [5.41, 5.74) is 1.34. The number of hydrogen-bond acceptors (Lipinski definition) is 4. The molecule has 0 aliphatic carbocycles. The normalized spacial score (nSPS) is 15.6. The molecule has 2 aromatic rings. The molecule has 2 amide bonds. The van der Waals surface area contributed by atoms with Gasteiger partial charge in [-0.05, 0) is 50.1 Å². The number of nitrogens with zero attached hydrogens (tertiary/aromatic N) is 1. The maximum Gasteiger partial charge on any atom is 0.267 e. The molecule has 0 radical (unpaired) electrons. The van der Waals surface area contributed by atoms with Crippen LogP contribution < -0.4 is 19.7 Å². The highest BCUT2D eigenvalue weighted by molar-refractivity contribution is 6.01. The van der Waals surface area contributed by atoms with Gasteiger partial charge < -0.3 is 19.7 Å². The van der Waals surface area contributed by atoms with E-state index in [1.807, 2.05) is 37.3 Å². The highest BCUT2D eigenvalue weighted by atomic mass is 16.5. The van der Waals surface area contributed by atoms with Gasteiger partial charge in [0, 0.05) is 18.7 Å². The second-order valence-corrected chi connectivity index (χ2v) is 6.75. The van der Waals surface area contributed by atoms with E-state index in [4.69, 9.17) is 9.47 Å². The Kier molecular flexibility index (Phi) is 6.53. The van der Waals surface area contributed by atoms with Gasteiger partial charge in [0.2, 0.25) is 5.91 Å². The second kappa shape index (κ2) is 9.26. The van der Waals surface area contributed by atoms with Gasteiger partial charge in [0.05, 0.1) is 12.3 Å². The van der Waals surface area contributed by atoms with Crippen molar-refractivity contribution in [3.8, 4) is 11.5 Å². The van der Waals surface area contributed by atoms with Crippen LogP contribution in [0.15, 0.2) is 48.5 Å². The molecule has 148 valence electrons. The summed E-state index contributed by atoms with van der Waals surface area (Å²) in [5, 5.41) is 2.87. The quantitative estimate of drug-likeness (QED) is 0.701. The predicted octanol–water partition coefficient (Wildman–Crippen LogP) is 4.01. The molecule has 1 aliphatic heterocycles. The Morgan fingerprint density at radius 1 is 1.21 bits per heavy atom. The molecule has 28 heavy (non-hydrogen) atoms. The fraction of sp³-hybridized carbons (Fsp3) is 0.364. The van der Waals surface area contributed by atoms with Gasteiger partial charge in [-0.1, -0.05) is 25.1 Å². The molecular weight excluding hydrogens is 356 g/mol. The van der Waals surface area contributed by atoms with E-state index in [0.717, 1.165) is 12.2 Å². The first kappa shape index (κ1) is 19.7. The number of para-hydroxylation sites is 1. The number of benzene rings is 2. The molecule has 6 nitrogen and oxygen atoms in total. The fourth-order valence-electron chi connectivity index (χ4n) is 3.10. The molecule has 0 fully saturated rings. The van der Waals surface area contributed by atoms with Crippen molar-refractivity contribution in [3.05, 3.63) is 48.5 Å². The highest BCUT2D eigenvalue weighted by Crippen LogP contribution is 2.36. The number of anilines is 2. The smallest absolute Gasteiger partial charge is 0.267 e. The third-order valence-corrected chi connectivity index (χ3v) is 4.47. The molecule has 1 N–H and O–H groups in total. The molecule has 2 aromatic carbocycles. The van der Waals surface area contributed by atoms with Gasteiger partial charge in [-0.25, -0.2) is 0 Å². The molecule has 0 bridgehead atoms. The first-order valence-corrected chi connectivity index (χ1v) is 9.68. The lowest BCUT2D eigenvalue weighted by atomic mass is 10.1. The van der Waals surface area contributed by atoms with Gasteiger partial charge in [0.1, 0.15) is 11.5 Å². The number of hydrogen-bond donors (Lipinski definition) is 1. The standard InChI is InChI=1S/C22H26N2O4/c1-3-8-21(25)23-17-11-12-20-19(15-17)24(22(26)16(2)28-20)13-7-14-27-18-9-5-4-6-10-18/h4-6,9-12,15-16H,3,7-8,13-14H2,1-2H3,(H,23,25). The van der Waals surface area contributed by atoms with Crippen LogP contribution in [0.4, 0.5) is 11.4 Å². The fourth-order valence-corrected chi connectivity index (χ4v) is 3.10. The zero-order valence-corrected chi connectivity index (χ0v) is 16.3. The minimum Gasteiger partial charge on any atom is -0.494 e. The molecule has 1 aliphatic rings. The largest absolute Gasteiger partial charge is 0.494 e. The van der Waals surface area contributed by atoms with Crippen molar-refractivity contribution >= 4 is 23.2 Å². The molecule has 6 heteroatoms. The molecule has 3 rings (SSSR count). The number of amides is 2. The van der Waals surface area contributed by atoms with Gasteiger partial charge in [0.15, 0.2) is 6.10 Å². The minimum absolute atomic E-state index is 0.0401. The summed E-state index contributed by atoms with van der Waals surface area (Å²) in [4.78, 5) is 26.3. The van der Waals surface area contributed by atoms with Gasteiger partial charge in [-0.15, -0.1) is 0 Å². The van der Waals surface area contributed by atoms with E-state index in [9.17, 15) is 9.59 Å².